The molecule has 0 atom stereocenters. The number of carbonyl (C=O) groups is 1. The van der Waals surface area contributed by atoms with Gasteiger partial charge in [-0.1, -0.05) is 30.4 Å². The highest BCUT2D eigenvalue weighted by molar-refractivity contribution is 7.80. The van der Waals surface area contributed by atoms with E-state index in [0.29, 0.717) is 11.5 Å². The first-order valence-corrected chi connectivity index (χ1v) is 4.61. The van der Waals surface area contributed by atoms with E-state index in [1.807, 2.05) is 31.2 Å². The monoisotopic (exact) mass is 191 g/mol. The van der Waals surface area contributed by atoms with E-state index in [-0.39, 0.29) is 5.91 Å². The zero-order chi connectivity index (χ0) is 9.42. The van der Waals surface area contributed by atoms with E-state index in [9.17, 15) is 4.79 Å². The summed E-state index contributed by atoms with van der Waals surface area (Å²) >= 11 is 5.18. The molecule has 0 aromatic heterocycles. The normalized spacial score (nSPS) is 15.0. The van der Waals surface area contributed by atoms with Crippen molar-refractivity contribution >= 4 is 23.1 Å². The summed E-state index contributed by atoms with van der Waals surface area (Å²) in [5, 5.41) is 0. The third kappa shape index (κ3) is 1.08. The fourth-order valence-electron chi connectivity index (χ4n) is 1.53. The van der Waals surface area contributed by atoms with Gasteiger partial charge in [0.2, 0.25) is 0 Å². The van der Waals surface area contributed by atoms with Gasteiger partial charge in [-0.3, -0.25) is 9.69 Å². The van der Waals surface area contributed by atoms with E-state index < -0.39 is 0 Å². The predicted octanol–water partition coefficient (Wildman–Crippen LogP) is 1.84. The molecule has 66 valence electrons. The van der Waals surface area contributed by atoms with Crippen LogP contribution in [0.3, 0.4) is 0 Å². The molecule has 0 spiro atoms. The minimum atomic E-state index is 0.0306. The molecule has 0 fully saturated rings. The van der Waals surface area contributed by atoms with Gasteiger partial charge in [-0.05, 0) is 13.0 Å². The molecule has 1 aromatic rings. The molecule has 1 heterocycles. The van der Waals surface area contributed by atoms with Crippen molar-refractivity contribution in [3.05, 3.63) is 35.4 Å². The van der Waals surface area contributed by atoms with Crippen LogP contribution in [0, 0.1) is 0 Å². The van der Waals surface area contributed by atoms with Crippen molar-refractivity contribution in [3.63, 3.8) is 0 Å². The molecule has 0 unspecified atom stereocenters. The second-order valence-electron chi connectivity index (χ2n) is 2.90. The highest BCUT2D eigenvalue weighted by atomic mass is 32.1. The molecule has 0 saturated heterocycles. The average Bonchev–Trinajstić information content (AvgIpc) is 2.41. The molecular weight excluding hydrogens is 182 g/mol. The van der Waals surface area contributed by atoms with Crippen molar-refractivity contribution in [2.75, 3.05) is 6.54 Å². The van der Waals surface area contributed by atoms with E-state index in [4.69, 9.17) is 12.2 Å². The highest BCUT2D eigenvalue weighted by Gasteiger charge is 2.30. The van der Waals surface area contributed by atoms with Gasteiger partial charge in [-0.25, -0.2) is 0 Å². The fraction of sp³-hybridized carbons (Fsp3) is 0.200. The zero-order valence-electron chi connectivity index (χ0n) is 7.28. The lowest BCUT2D eigenvalue weighted by atomic mass is 10.1. The molecule has 1 aliphatic rings. The van der Waals surface area contributed by atoms with Gasteiger partial charge in [-0.15, -0.1) is 0 Å². The van der Waals surface area contributed by atoms with E-state index in [1.165, 1.54) is 0 Å². The maximum atomic E-state index is 11.7. The second-order valence-corrected chi connectivity index (χ2v) is 3.29. The number of thiocarbonyl (C=S) groups is 1. The molecule has 2 nitrogen and oxygen atoms in total. The van der Waals surface area contributed by atoms with E-state index >= 15 is 0 Å². The van der Waals surface area contributed by atoms with Gasteiger partial charge < -0.3 is 0 Å². The molecule has 1 aliphatic heterocycles. The Bertz CT molecular complexity index is 351. The quantitative estimate of drug-likeness (QED) is 0.631. The Morgan fingerprint density at radius 1 is 1.31 bits per heavy atom. The summed E-state index contributed by atoms with van der Waals surface area (Å²) in [5.74, 6) is 0.0306. The maximum absolute atomic E-state index is 11.7. The summed E-state index contributed by atoms with van der Waals surface area (Å²) in [6.07, 6.45) is 0. The van der Waals surface area contributed by atoms with Crippen LogP contribution in [0.2, 0.25) is 0 Å². The topological polar surface area (TPSA) is 20.3 Å². The molecule has 0 radical (unpaired) electrons. The second kappa shape index (κ2) is 2.92. The van der Waals surface area contributed by atoms with Gasteiger partial charge in [0.1, 0.15) is 4.99 Å². The Labute approximate surface area is 82.2 Å². The van der Waals surface area contributed by atoms with Crippen LogP contribution in [0.15, 0.2) is 24.3 Å². The number of carbonyl (C=O) groups excluding carboxylic acids is 1. The number of hydrogen-bond donors (Lipinski definition) is 0. The third-order valence-electron chi connectivity index (χ3n) is 2.19. The summed E-state index contributed by atoms with van der Waals surface area (Å²) in [4.78, 5) is 14.0. The van der Waals surface area contributed by atoms with Crippen molar-refractivity contribution in [1.82, 2.24) is 4.90 Å². The van der Waals surface area contributed by atoms with E-state index in [2.05, 4.69) is 0 Å². The number of fused-ring (bicyclic) bond motifs is 1. The van der Waals surface area contributed by atoms with Crippen LogP contribution in [0.1, 0.15) is 22.8 Å². The molecule has 0 aliphatic carbocycles. The molecule has 0 bridgehead atoms. The average molecular weight is 191 g/mol. The standard InChI is InChI=1S/C10H9NOS/c1-2-11-9(12)7-5-3-4-6-8(7)10(11)13/h3-6H,2H2,1H3. The van der Waals surface area contributed by atoms with Crippen LogP contribution in [-0.2, 0) is 0 Å². The lowest BCUT2D eigenvalue weighted by Crippen LogP contribution is -2.28. The number of amides is 1. The molecular formula is C10H9NOS. The fourth-order valence-corrected chi connectivity index (χ4v) is 1.92. The van der Waals surface area contributed by atoms with Gasteiger partial charge in [0, 0.05) is 12.1 Å². The smallest absolute Gasteiger partial charge is 0.259 e. The minimum absolute atomic E-state index is 0.0306. The number of hydrogen-bond acceptors (Lipinski definition) is 2. The Hall–Kier alpha value is -1.22. The van der Waals surface area contributed by atoms with Crippen molar-refractivity contribution in [2.24, 2.45) is 0 Å². The van der Waals surface area contributed by atoms with Crippen LogP contribution in [-0.4, -0.2) is 22.3 Å². The molecule has 1 amide bonds. The SMILES string of the molecule is CCN1C(=O)c2ccccc2C1=S. The van der Waals surface area contributed by atoms with E-state index in [0.717, 1.165) is 11.1 Å². The van der Waals surface area contributed by atoms with Gasteiger partial charge in [-0.2, -0.15) is 0 Å². The molecule has 0 N–H and O–H groups in total. The predicted molar refractivity (Wildman–Crippen MR) is 54.9 cm³/mol. The lowest BCUT2D eigenvalue weighted by Gasteiger charge is -2.11. The van der Waals surface area contributed by atoms with Crippen molar-refractivity contribution in [2.45, 2.75) is 6.92 Å². The van der Waals surface area contributed by atoms with Crippen molar-refractivity contribution in [1.29, 1.82) is 0 Å². The van der Waals surface area contributed by atoms with Crippen LogP contribution >= 0.6 is 12.2 Å². The van der Waals surface area contributed by atoms with Crippen LogP contribution in [0.25, 0.3) is 0 Å². The summed E-state index contributed by atoms with van der Waals surface area (Å²) < 4.78 is 0. The van der Waals surface area contributed by atoms with Gasteiger partial charge >= 0.3 is 0 Å². The molecule has 0 saturated carbocycles. The van der Waals surface area contributed by atoms with Crippen LogP contribution in [0.4, 0.5) is 0 Å². The summed E-state index contributed by atoms with van der Waals surface area (Å²) in [5.41, 5.74) is 1.62. The van der Waals surface area contributed by atoms with Gasteiger partial charge in [0.05, 0.1) is 5.56 Å². The third-order valence-corrected chi connectivity index (χ3v) is 2.63. The number of rotatable bonds is 1. The van der Waals surface area contributed by atoms with Crippen molar-refractivity contribution < 1.29 is 4.79 Å². The molecule has 13 heavy (non-hydrogen) atoms. The maximum Gasteiger partial charge on any atom is 0.259 e. The molecule has 1 aromatic carbocycles. The minimum Gasteiger partial charge on any atom is -0.299 e. The first kappa shape index (κ1) is 8.38. The van der Waals surface area contributed by atoms with Gasteiger partial charge in [0.25, 0.3) is 5.91 Å². The first-order chi connectivity index (χ1) is 6.25. The number of nitrogens with zero attached hydrogens (tertiary/aromatic N) is 1. The summed E-state index contributed by atoms with van der Waals surface area (Å²) in [7, 11) is 0. The molecule has 3 heteroatoms. The van der Waals surface area contributed by atoms with Crippen LogP contribution < -0.4 is 0 Å². The Balaban J connectivity index is 2.57. The van der Waals surface area contributed by atoms with Crippen molar-refractivity contribution in [3.8, 4) is 0 Å². The van der Waals surface area contributed by atoms with E-state index in [1.54, 1.807) is 4.90 Å². The lowest BCUT2D eigenvalue weighted by molar-refractivity contribution is 0.0867. The largest absolute Gasteiger partial charge is 0.299 e. The Morgan fingerprint density at radius 2 is 1.92 bits per heavy atom. The zero-order valence-corrected chi connectivity index (χ0v) is 8.10. The Kier molecular flexibility index (Phi) is 1.88. The molecule has 2 rings (SSSR count). The van der Waals surface area contributed by atoms with Gasteiger partial charge in [0.15, 0.2) is 0 Å². The summed E-state index contributed by atoms with van der Waals surface area (Å²) in [6.45, 7) is 2.57. The Morgan fingerprint density at radius 3 is 2.46 bits per heavy atom. The summed E-state index contributed by atoms with van der Waals surface area (Å²) in [6, 6.07) is 7.47. The number of benzene rings is 1. The highest BCUT2D eigenvalue weighted by Crippen LogP contribution is 2.22. The van der Waals surface area contributed by atoms with Crippen LogP contribution in [0.5, 0.6) is 0 Å². The first-order valence-electron chi connectivity index (χ1n) is 4.21.